The Balaban J connectivity index is 3.26. The van der Waals surface area contributed by atoms with Crippen molar-refractivity contribution >= 4 is 12.3 Å². The quantitative estimate of drug-likeness (QED) is 0.761. The van der Waals surface area contributed by atoms with Gasteiger partial charge in [0.25, 0.3) is 5.91 Å². The zero-order valence-corrected chi connectivity index (χ0v) is 9.77. The summed E-state index contributed by atoms with van der Waals surface area (Å²) in [7, 11) is 4.35. The fourth-order valence-corrected chi connectivity index (χ4v) is 1.35. The third-order valence-corrected chi connectivity index (χ3v) is 2.12. The van der Waals surface area contributed by atoms with E-state index in [0.29, 0.717) is 23.7 Å². The number of methoxy groups -OCH3 is 3. The average molecular weight is 239 g/mol. The van der Waals surface area contributed by atoms with E-state index in [1.807, 2.05) is 5.32 Å². The van der Waals surface area contributed by atoms with Gasteiger partial charge in [-0.05, 0) is 12.1 Å². The van der Waals surface area contributed by atoms with Gasteiger partial charge in [-0.3, -0.25) is 14.9 Å². The highest BCUT2D eigenvalue weighted by molar-refractivity contribution is 6.00. The summed E-state index contributed by atoms with van der Waals surface area (Å²) in [4.78, 5) is 21.7. The molecule has 0 heterocycles. The number of nitrogens with one attached hydrogen (secondary N) is 1. The van der Waals surface area contributed by atoms with Crippen LogP contribution in [0.25, 0.3) is 0 Å². The summed E-state index contributed by atoms with van der Waals surface area (Å²) in [5, 5.41) is 2.03. The Hall–Kier alpha value is -2.24. The van der Waals surface area contributed by atoms with Crippen molar-refractivity contribution in [3.63, 3.8) is 0 Å². The lowest BCUT2D eigenvalue weighted by Crippen LogP contribution is -2.21. The number of rotatable bonds is 5. The van der Waals surface area contributed by atoms with Crippen LogP contribution in [0.5, 0.6) is 17.2 Å². The first kappa shape index (κ1) is 12.8. The van der Waals surface area contributed by atoms with E-state index in [1.54, 1.807) is 0 Å². The van der Waals surface area contributed by atoms with Crippen LogP contribution in [0, 0.1) is 0 Å². The minimum atomic E-state index is -0.542. The van der Waals surface area contributed by atoms with Crippen LogP contribution in [0.2, 0.25) is 0 Å². The van der Waals surface area contributed by atoms with Crippen molar-refractivity contribution in [3.8, 4) is 17.2 Å². The molecule has 0 atom stereocenters. The molecule has 0 saturated heterocycles. The molecular weight excluding hydrogens is 226 g/mol. The van der Waals surface area contributed by atoms with E-state index in [0.717, 1.165) is 0 Å². The minimum absolute atomic E-state index is 0.242. The molecule has 1 N–H and O–H groups in total. The Kier molecular flexibility index (Phi) is 4.33. The van der Waals surface area contributed by atoms with E-state index in [4.69, 9.17) is 14.2 Å². The highest BCUT2D eigenvalue weighted by atomic mass is 16.5. The van der Waals surface area contributed by atoms with Crippen LogP contribution in [0.4, 0.5) is 0 Å². The van der Waals surface area contributed by atoms with Crippen molar-refractivity contribution in [1.82, 2.24) is 5.32 Å². The average Bonchev–Trinajstić information content (AvgIpc) is 2.37. The van der Waals surface area contributed by atoms with E-state index in [2.05, 4.69) is 0 Å². The molecule has 0 unspecified atom stereocenters. The predicted molar refractivity (Wildman–Crippen MR) is 59.6 cm³/mol. The molecule has 0 aliphatic rings. The van der Waals surface area contributed by atoms with Crippen molar-refractivity contribution in [2.75, 3.05) is 21.3 Å². The highest BCUT2D eigenvalue weighted by Gasteiger charge is 2.16. The summed E-state index contributed by atoms with van der Waals surface area (Å²) in [6.45, 7) is 0. The normalized spacial score (nSPS) is 9.35. The second-order valence-corrected chi connectivity index (χ2v) is 3.01. The molecule has 1 aromatic carbocycles. The molecule has 6 nitrogen and oxygen atoms in total. The SMILES string of the molecule is COc1cc(C(=O)NC=O)cc(OC)c1OC. The molecule has 0 fully saturated rings. The third kappa shape index (κ3) is 2.66. The molecule has 1 rings (SSSR count). The summed E-state index contributed by atoms with van der Waals surface area (Å²) < 4.78 is 15.3. The first-order valence-electron chi connectivity index (χ1n) is 4.72. The molecule has 6 heteroatoms. The summed E-state index contributed by atoms with van der Waals surface area (Å²) in [5.41, 5.74) is 0.242. The number of carbonyl (C=O) groups excluding carboxylic acids is 2. The van der Waals surface area contributed by atoms with Crippen LogP contribution >= 0.6 is 0 Å². The Morgan fingerprint density at radius 2 is 1.65 bits per heavy atom. The van der Waals surface area contributed by atoms with Crippen molar-refractivity contribution in [3.05, 3.63) is 17.7 Å². The zero-order valence-electron chi connectivity index (χ0n) is 9.77. The highest BCUT2D eigenvalue weighted by Crippen LogP contribution is 2.38. The fraction of sp³-hybridized carbons (Fsp3) is 0.273. The van der Waals surface area contributed by atoms with Crippen LogP contribution in [0.15, 0.2) is 12.1 Å². The van der Waals surface area contributed by atoms with E-state index >= 15 is 0 Å². The number of benzene rings is 1. The Bertz CT molecular complexity index is 405. The number of amides is 2. The maximum absolute atomic E-state index is 11.5. The summed E-state index contributed by atoms with van der Waals surface area (Å²) >= 11 is 0. The van der Waals surface area contributed by atoms with Crippen LogP contribution in [0.3, 0.4) is 0 Å². The predicted octanol–water partition coefficient (Wildman–Crippen LogP) is 0.599. The Morgan fingerprint density at radius 3 is 2.00 bits per heavy atom. The molecule has 2 amide bonds. The van der Waals surface area contributed by atoms with Crippen LogP contribution in [-0.4, -0.2) is 33.6 Å². The van der Waals surface area contributed by atoms with Gasteiger partial charge in [0, 0.05) is 5.56 Å². The van der Waals surface area contributed by atoms with Gasteiger partial charge in [-0.25, -0.2) is 0 Å². The number of carbonyl (C=O) groups is 2. The van der Waals surface area contributed by atoms with Gasteiger partial charge in [0.2, 0.25) is 12.2 Å². The number of imide groups is 1. The molecule has 0 bridgehead atoms. The van der Waals surface area contributed by atoms with E-state index in [9.17, 15) is 9.59 Å². The molecule has 0 aromatic heterocycles. The maximum Gasteiger partial charge on any atom is 0.257 e. The van der Waals surface area contributed by atoms with Gasteiger partial charge < -0.3 is 14.2 Å². The first-order valence-corrected chi connectivity index (χ1v) is 4.72. The van der Waals surface area contributed by atoms with Gasteiger partial charge in [0.15, 0.2) is 11.5 Å². The van der Waals surface area contributed by atoms with Crippen molar-refractivity contribution < 1.29 is 23.8 Å². The smallest absolute Gasteiger partial charge is 0.257 e. The van der Waals surface area contributed by atoms with E-state index < -0.39 is 5.91 Å². The second kappa shape index (κ2) is 5.74. The molecule has 0 radical (unpaired) electrons. The Labute approximate surface area is 98.5 Å². The number of ether oxygens (including phenoxy) is 3. The summed E-state index contributed by atoms with van der Waals surface area (Å²) in [5.74, 6) is 0.544. The third-order valence-electron chi connectivity index (χ3n) is 2.12. The van der Waals surface area contributed by atoms with E-state index in [1.165, 1.54) is 33.5 Å². The van der Waals surface area contributed by atoms with Gasteiger partial charge in [0.1, 0.15) is 0 Å². The lowest BCUT2D eigenvalue weighted by atomic mass is 10.1. The molecular formula is C11H13NO5. The van der Waals surface area contributed by atoms with Gasteiger partial charge in [-0.1, -0.05) is 0 Å². The lowest BCUT2D eigenvalue weighted by molar-refractivity contribution is -0.108. The fourth-order valence-electron chi connectivity index (χ4n) is 1.35. The molecule has 17 heavy (non-hydrogen) atoms. The topological polar surface area (TPSA) is 73.9 Å². The molecule has 0 spiro atoms. The molecule has 92 valence electrons. The van der Waals surface area contributed by atoms with Gasteiger partial charge >= 0.3 is 0 Å². The number of hydrogen-bond acceptors (Lipinski definition) is 5. The molecule has 0 aliphatic carbocycles. The van der Waals surface area contributed by atoms with Crippen molar-refractivity contribution in [1.29, 1.82) is 0 Å². The van der Waals surface area contributed by atoms with Crippen molar-refractivity contribution in [2.45, 2.75) is 0 Å². The molecule has 0 saturated carbocycles. The second-order valence-electron chi connectivity index (χ2n) is 3.01. The molecule has 0 aliphatic heterocycles. The zero-order chi connectivity index (χ0) is 12.8. The van der Waals surface area contributed by atoms with Gasteiger partial charge in [0.05, 0.1) is 21.3 Å². The Morgan fingerprint density at radius 1 is 1.12 bits per heavy atom. The van der Waals surface area contributed by atoms with E-state index in [-0.39, 0.29) is 5.56 Å². The maximum atomic E-state index is 11.5. The van der Waals surface area contributed by atoms with Gasteiger partial charge in [-0.2, -0.15) is 0 Å². The first-order chi connectivity index (χ1) is 8.17. The summed E-state index contributed by atoms with van der Waals surface area (Å²) in [6, 6.07) is 2.92. The van der Waals surface area contributed by atoms with Crippen molar-refractivity contribution in [2.24, 2.45) is 0 Å². The standard InChI is InChI=1S/C11H13NO5/c1-15-8-4-7(11(14)12-6-13)5-9(16-2)10(8)17-3/h4-6H,1-3H3,(H,12,13,14). The van der Waals surface area contributed by atoms with Crippen LogP contribution < -0.4 is 19.5 Å². The largest absolute Gasteiger partial charge is 0.493 e. The van der Waals surface area contributed by atoms with Crippen LogP contribution in [-0.2, 0) is 4.79 Å². The lowest BCUT2D eigenvalue weighted by Gasteiger charge is -2.13. The summed E-state index contributed by atoms with van der Waals surface area (Å²) in [6.07, 6.45) is 0.311. The minimum Gasteiger partial charge on any atom is -0.493 e. The van der Waals surface area contributed by atoms with Gasteiger partial charge in [-0.15, -0.1) is 0 Å². The monoisotopic (exact) mass is 239 g/mol. The van der Waals surface area contributed by atoms with Crippen LogP contribution in [0.1, 0.15) is 10.4 Å². The number of hydrogen-bond donors (Lipinski definition) is 1. The molecule has 1 aromatic rings.